The number of ketones is 1. The second-order valence-electron chi connectivity index (χ2n) is 9.82. The number of phenols is 1. The number of aryl methyl sites for hydroxylation is 1. The number of hydrogen-bond acceptors (Lipinski definition) is 14. The summed E-state index contributed by atoms with van der Waals surface area (Å²) in [5, 5.41) is 82.6. The molecule has 39 heavy (non-hydrogen) atoms. The van der Waals surface area contributed by atoms with Gasteiger partial charge < -0.3 is 59.5 Å². The number of carbonyl (C=O) groups excluding carboxylic acids is 1. The highest BCUT2D eigenvalue weighted by Gasteiger charge is 2.51. The summed E-state index contributed by atoms with van der Waals surface area (Å²) in [6.07, 6.45) is -17.2. The van der Waals surface area contributed by atoms with Gasteiger partial charge in [-0.2, -0.15) is 0 Å². The number of aromatic hydroxyl groups is 1. The molecule has 2 fully saturated rings. The molecule has 1 aromatic carbocycles. The molecule has 2 aromatic rings. The third kappa shape index (κ3) is 5.45. The number of benzene rings is 1. The fourth-order valence-corrected chi connectivity index (χ4v) is 5.08. The predicted molar refractivity (Wildman–Crippen MR) is 129 cm³/mol. The molecule has 14 heteroatoms. The number of aliphatic hydroxyl groups excluding tert-OH is 7. The number of carbonyl (C=O) groups is 1. The third-order valence-corrected chi connectivity index (χ3v) is 6.99. The van der Waals surface area contributed by atoms with E-state index in [-0.39, 0.29) is 34.3 Å². The van der Waals surface area contributed by atoms with Crippen molar-refractivity contribution in [2.45, 2.75) is 81.5 Å². The van der Waals surface area contributed by atoms with E-state index in [9.17, 15) is 50.4 Å². The van der Waals surface area contributed by atoms with Gasteiger partial charge in [-0.05, 0) is 19.4 Å². The van der Waals surface area contributed by atoms with Crippen molar-refractivity contribution in [2.75, 3.05) is 13.2 Å². The second kappa shape index (κ2) is 11.5. The minimum absolute atomic E-state index is 0.0149. The minimum atomic E-state index is -1.89. The first-order chi connectivity index (χ1) is 18.4. The van der Waals surface area contributed by atoms with E-state index in [1.165, 1.54) is 19.9 Å². The summed E-state index contributed by atoms with van der Waals surface area (Å²) in [5.74, 6) is -0.699. The molecule has 1 aromatic heterocycles. The highest BCUT2D eigenvalue weighted by atomic mass is 16.7. The van der Waals surface area contributed by atoms with Gasteiger partial charge in [-0.25, -0.2) is 0 Å². The zero-order valence-corrected chi connectivity index (χ0v) is 21.1. The van der Waals surface area contributed by atoms with Crippen LogP contribution in [-0.4, -0.2) is 115 Å². The molecule has 0 aliphatic carbocycles. The summed E-state index contributed by atoms with van der Waals surface area (Å²) in [4.78, 5) is 25.2. The standard InChI is InChI=1S/C25H32O14/c1-8(28)3-10-16-11(29)4-9(2)36-13(16)5-12(30)17(10)23-24(21(34)19(32)14(6-26)37-23)39-25-22(35)20(33)18(31)15(7-27)38-25/h4-5,14-15,18-27,30-35H,3,6-7H2,1-2H3/t14-,15-,18-,19-,20+,21+,22-,23+,24-,25+/m1/s1. The van der Waals surface area contributed by atoms with Crippen LogP contribution in [-0.2, 0) is 25.4 Å². The van der Waals surface area contributed by atoms with Crippen LogP contribution in [0.3, 0.4) is 0 Å². The van der Waals surface area contributed by atoms with Crippen LogP contribution in [0.4, 0.5) is 0 Å². The van der Waals surface area contributed by atoms with Crippen LogP contribution in [0.5, 0.6) is 5.75 Å². The van der Waals surface area contributed by atoms with E-state index in [1.54, 1.807) is 0 Å². The van der Waals surface area contributed by atoms with Gasteiger partial charge in [0.1, 0.15) is 77.8 Å². The molecule has 8 N–H and O–H groups in total. The van der Waals surface area contributed by atoms with E-state index in [0.717, 1.165) is 6.07 Å². The van der Waals surface area contributed by atoms with E-state index in [1.807, 2.05) is 0 Å². The van der Waals surface area contributed by atoms with Crippen LogP contribution in [0.15, 0.2) is 21.3 Å². The van der Waals surface area contributed by atoms with E-state index in [0.29, 0.717) is 0 Å². The van der Waals surface area contributed by atoms with Crippen molar-refractivity contribution in [1.82, 2.24) is 0 Å². The zero-order valence-electron chi connectivity index (χ0n) is 21.1. The van der Waals surface area contributed by atoms with E-state index in [4.69, 9.17) is 18.6 Å². The fourth-order valence-electron chi connectivity index (χ4n) is 5.08. The van der Waals surface area contributed by atoms with Crippen molar-refractivity contribution < 1.29 is 64.3 Å². The Labute approximate surface area is 221 Å². The SMILES string of the molecule is CC(=O)Cc1c([C@@H]2O[C@H](CO)[C@@H](O)[C@H](O)[C@H]2O[C@@H]2O[C@H](CO)[C@@H](O)[C@H](O)[C@H]2O)c(O)cc2oc(C)cc(=O)c12. The first-order valence-corrected chi connectivity index (χ1v) is 12.3. The van der Waals surface area contributed by atoms with Crippen LogP contribution in [0.1, 0.15) is 29.9 Å². The Bertz CT molecular complexity index is 1260. The average molecular weight is 557 g/mol. The topological polar surface area (TPSA) is 237 Å². The smallest absolute Gasteiger partial charge is 0.193 e. The van der Waals surface area contributed by atoms with Gasteiger partial charge in [0, 0.05) is 24.1 Å². The molecular weight excluding hydrogens is 524 g/mol. The van der Waals surface area contributed by atoms with Gasteiger partial charge in [0.25, 0.3) is 0 Å². The number of aliphatic hydroxyl groups is 7. The molecule has 0 bridgehead atoms. The third-order valence-electron chi connectivity index (χ3n) is 6.99. The number of Topliss-reactive ketones (excluding diaryl/α,β-unsaturated/α-hetero) is 1. The highest BCUT2D eigenvalue weighted by molar-refractivity contribution is 5.90. The highest BCUT2D eigenvalue weighted by Crippen LogP contribution is 2.43. The molecule has 2 aliphatic heterocycles. The summed E-state index contributed by atoms with van der Waals surface area (Å²) in [6, 6.07) is 2.30. The molecule has 14 nitrogen and oxygen atoms in total. The van der Waals surface area contributed by atoms with Crippen LogP contribution >= 0.6 is 0 Å². The Balaban J connectivity index is 1.87. The Hall–Kier alpha value is -2.50. The van der Waals surface area contributed by atoms with Crippen molar-refractivity contribution in [2.24, 2.45) is 0 Å². The van der Waals surface area contributed by atoms with E-state index in [2.05, 4.69) is 0 Å². The van der Waals surface area contributed by atoms with Crippen LogP contribution in [0, 0.1) is 6.92 Å². The maximum Gasteiger partial charge on any atom is 0.193 e. The van der Waals surface area contributed by atoms with E-state index >= 15 is 0 Å². The molecule has 0 unspecified atom stereocenters. The first-order valence-electron chi connectivity index (χ1n) is 12.3. The number of phenolic OH excluding ortho intramolecular Hbond substituents is 1. The Morgan fingerprint density at radius 2 is 1.54 bits per heavy atom. The van der Waals surface area contributed by atoms with Crippen LogP contribution < -0.4 is 5.43 Å². The molecule has 10 atom stereocenters. The lowest BCUT2D eigenvalue weighted by Gasteiger charge is -2.46. The second-order valence-corrected chi connectivity index (χ2v) is 9.82. The molecule has 0 spiro atoms. The van der Waals surface area contributed by atoms with Crippen molar-refractivity contribution in [3.05, 3.63) is 39.2 Å². The molecule has 0 radical (unpaired) electrons. The van der Waals surface area contributed by atoms with Crippen molar-refractivity contribution in [3.8, 4) is 5.75 Å². The lowest BCUT2D eigenvalue weighted by atomic mass is 9.85. The summed E-state index contributed by atoms with van der Waals surface area (Å²) < 4.78 is 22.5. The number of fused-ring (bicyclic) bond motifs is 1. The monoisotopic (exact) mass is 556 g/mol. The predicted octanol–water partition coefficient (Wildman–Crippen LogP) is -2.72. The summed E-state index contributed by atoms with van der Waals surface area (Å²) >= 11 is 0. The fraction of sp³-hybridized carbons (Fsp3) is 0.600. The van der Waals surface area contributed by atoms with Gasteiger partial charge in [0.05, 0.1) is 18.6 Å². The summed E-state index contributed by atoms with van der Waals surface area (Å²) in [6.45, 7) is 1.22. The number of hydrogen-bond donors (Lipinski definition) is 8. The van der Waals surface area contributed by atoms with Gasteiger partial charge in [0.2, 0.25) is 0 Å². The Morgan fingerprint density at radius 3 is 2.15 bits per heavy atom. The van der Waals surface area contributed by atoms with Crippen LogP contribution in [0.2, 0.25) is 0 Å². The van der Waals surface area contributed by atoms with E-state index < -0.39 is 91.4 Å². The molecular formula is C25H32O14. The molecule has 2 aliphatic rings. The van der Waals surface area contributed by atoms with Gasteiger partial charge in [-0.15, -0.1) is 0 Å². The number of ether oxygens (including phenoxy) is 3. The quantitative estimate of drug-likeness (QED) is 0.173. The van der Waals surface area contributed by atoms with Crippen LogP contribution in [0.25, 0.3) is 11.0 Å². The average Bonchev–Trinajstić information content (AvgIpc) is 2.86. The normalized spacial score (nSPS) is 35.3. The summed E-state index contributed by atoms with van der Waals surface area (Å²) in [5.41, 5.74) is -0.765. The Morgan fingerprint density at radius 1 is 0.923 bits per heavy atom. The molecule has 2 saturated heterocycles. The molecule has 0 saturated carbocycles. The van der Waals surface area contributed by atoms with Crippen molar-refractivity contribution in [1.29, 1.82) is 0 Å². The van der Waals surface area contributed by atoms with Gasteiger partial charge in [0.15, 0.2) is 11.7 Å². The lowest BCUT2D eigenvalue weighted by molar-refractivity contribution is -0.342. The van der Waals surface area contributed by atoms with Gasteiger partial charge in [-0.3, -0.25) is 9.59 Å². The molecule has 0 amide bonds. The van der Waals surface area contributed by atoms with Crippen molar-refractivity contribution in [3.63, 3.8) is 0 Å². The summed E-state index contributed by atoms with van der Waals surface area (Å²) in [7, 11) is 0. The maximum absolute atomic E-state index is 13.0. The maximum atomic E-state index is 13.0. The van der Waals surface area contributed by atoms with Gasteiger partial charge in [-0.1, -0.05) is 0 Å². The molecule has 216 valence electrons. The molecule has 3 heterocycles. The largest absolute Gasteiger partial charge is 0.507 e. The molecule has 4 rings (SSSR count). The zero-order chi connectivity index (χ0) is 28.8. The Kier molecular flexibility index (Phi) is 8.73. The number of rotatable bonds is 7. The first kappa shape index (κ1) is 29.5. The minimum Gasteiger partial charge on any atom is -0.507 e. The van der Waals surface area contributed by atoms with Gasteiger partial charge >= 0.3 is 0 Å². The lowest BCUT2D eigenvalue weighted by Crippen LogP contribution is -2.62. The van der Waals surface area contributed by atoms with Crippen molar-refractivity contribution >= 4 is 16.8 Å².